The monoisotopic (exact) mass is 426 g/mol. The lowest BCUT2D eigenvalue weighted by Gasteiger charge is -2.26. The van der Waals surface area contributed by atoms with E-state index >= 15 is 0 Å². The summed E-state index contributed by atoms with van der Waals surface area (Å²) >= 11 is 0. The van der Waals surface area contributed by atoms with Gasteiger partial charge in [-0.15, -0.1) is 0 Å². The standard InChI is InChI=1S/C27H30N4O/c1-29(2)18-22-7-13-26(14-8-22)31(20-24-5-4-6-27(17-24)32-3)19-23-9-11-25(12-10-23)30-16-15-28-21-30/h4-17,21H,18-20H2,1-3H3. The fourth-order valence-corrected chi connectivity index (χ4v) is 3.81. The Hall–Kier alpha value is -3.57. The van der Waals surface area contributed by atoms with E-state index in [2.05, 4.69) is 89.5 Å². The van der Waals surface area contributed by atoms with E-state index < -0.39 is 0 Å². The zero-order chi connectivity index (χ0) is 22.3. The molecule has 5 heteroatoms. The highest BCUT2D eigenvalue weighted by Crippen LogP contribution is 2.23. The van der Waals surface area contributed by atoms with Crippen LogP contribution >= 0.6 is 0 Å². The van der Waals surface area contributed by atoms with Crippen molar-refractivity contribution in [1.82, 2.24) is 14.5 Å². The Labute approximate surface area is 190 Å². The molecule has 0 N–H and O–H groups in total. The predicted molar refractivity (Wildman–Crippen MR) is 130 cm³/mol. The Kier molecular flexibility index (Phi) is 6.87. The van der Waals surface area contributed by atoms with Crippen LogP contribution in [0.3, 0.4) is 0 Å². The van der Waals surface area contributed by atoms with Crippen molar-refractivity contribution in [1.29, 1.82) is 0 Å². The smallest absolute Gasteiger partial charge is 0.119 e. The molecule has 3 aromatic carbocycles. The number of ether oxygens (including phenoxy) is 1. The van der Waals surface area contributed by atoms with Crippen LogP contribution in [0, 0.1) is 0 Å². The van der Waals surface area contributed by atoms with Crippen molar-refractivity contribution in [3.63, 3.8) is 0 Å². The molecular formula is C27H30N4O. The molecule has 1 aromatic heterocycles. The Bertz CT molecular complexity index is 1100. The summed E-state index contributed by atoms with van der Waals surface area (Å²) in [5, 5.41) is 0. The summed E-state index contributed by atoms with van der Waals surface area (Å²) in [7, 11) is 5.90. The molecule has 0 saturated heterocycles. The zero-order valence-electron chi connectivity index (χ0n) is 19.0. The van der Waals surface area contributed by atoms with Gasteiger partial charge >= 0.3 is 0 Å². The molecule has 164 valence electrons. The molecule has 5 nitrogen and oxygen atoms in total. The van der Waals surface area contributed by atoms with Crippen LogP contribution in [0.5, 0.6) is 5.75 Å². The van der Waals surface area contributed by atoms with Crippen molar-refractivity contribution < 1.29 is 4.74 Å². The highest BCUT2D eigenvalue weighted by molar-refractivity contribution is 5.49. The maximum absolute atomic E-state index is 5.43. The molecule has 0 atom stereocenters. The highest BCUT2D eigenvalue weighted by atomic mass is 16.5. The molecule has 0 saturated carbocycles. The molecule has 4 rings (SSSR count). The van der Waals surface area contributed by atoms with Gasteiger partial charge in [-0.3, -0.25) is 0 Å². The SMILES string of the molecule is COc1cccc(CN(Cc2ccc(-n3ccnc3)cc2)c2ccc(CN(C)C)cc2)c1. The minimum Gasteiger partial charge on any atom is -0.497 e. The molecule has 0 amide bonds. The molecule has 0 aliphatic rings. The van der Waals surface area contributed by atoms with Gasteiger partial charge in [0.2, 0.25) is 0 Å². The van der Waals surface area contributed by atoms with Crippen LogP contribution in [-0.4, -0.2) is 35.7 Å². The lowest BCUT2D eigenvalue weighted by atomic mass is 10.1. The predicted octanol–water partition coefficient (Wildman–Crippen LogP) is 5.15. The first kappa shape index (κ1) is 21.7. The lowest BCUT2D eigenvalue weighted by Crippen LogP contribution is -2.22. The van der Waals surface area contributed by atoms with E-state index in [-0.39, 0.29) is 0 Å². The van der Waals surface area contributed by atoms with Gasteiger partial charge in [0.05, 0.1) is 13.4 Å². The van der Waals surface area contributed by atoms with Gasteiger partial charge in [0.15, 0.2) is 0 Å². The third-order valence-electron chi connectivity index (χ3n) is 5.42. The van der Waals surface area contributed by atoms with E-state index in [0.717, 1.165) is 31.1 Å². The molecule has 32 heavy (non-hydrogen) atoms. The zero-order valence-corrected chi connectivity index (χ0v) is 19.0. The molecule has 0 fully saturated rings. The van der Waals surface area contributed by atoms with E-state index in [1.54, 1.807) is 13.3 Å². The topological polar surface area (TPSA) is 33.5 Å². The van der Waals surface area contributed by atoms with Crippen LogP contribution in [0.4, 0.5) is 5.69 Å². The van der Waals surface area contributed by atoms with Crippen molar-refractivity contribution in [3.8, 4) is 11.4 Å². The largest absolute Gasteiger partial charge is 0.497 e. The molecule has 0 bridgehead atoms. The van der Waals surface area contributed by atoms with Crippen LogP contribution < -0.4 is 9.64 Å². The van der Waals surface area contributed by atoms with Crippen molar-refractivity contribution >= 4 is 5.69 Å². The van der Waals surface area contributed by atoms with Crippen molar-refractivity contribution in [3.05, 3.63) is 108 Å². The van der Waals surface area contributed by atoms with Crippen LogP contribution in [0.1, 0.15) is 16.7 Å². The van der Waals surface area contributed by atoms with Gasteiger partial charge in [-0.25, -0.2) is 4.98 Å². The molecule has 0 aliphatic heterocycles. The average Bonchev–Trinajstić information content (AvgIpc) is 3.34. The van der Waals surface area contributed by atoms with Crippen molar-refractivity contribution in [2.45, 2.75) is 19.6 Å². The van der Waals surface area contributed by atoms with Crippen LogP contribution in [0.15, 0.2) is 91.5 Å². The summed E-state index contributed by atoms with van der Waals surface area (Å²) in [6.45, 7) is 2.55. The maximum Gasteiger partial charge on any atom is 0.119 e. The second-order valence-electron chi connectivity index (χ2n) is 8.25. The highest BCUT2D eigenvalue weighted by Gasteiger charge is 2.10. The fraction of sp³-hybridized carbons (Fsp3) is 0.222. The molecule has 0 aliphatic carbocycles. The van der Waals surface area contributed by atoms with Crippen LogP contribution in [0.2, 0.25) is 0 Å². The van der Waals surface area contributed by atoms with E-state index in [9.17, 15) is 0 Å². The Morgan fingerprint density at radius 2 is 1.50 bits per heavy atom. The first-order chi connectivity index (χ1) is 15.6. The molecule has 0 spiro atoms. The van der Waals surface area contributed by atoms with E-state index in [0.29, 0.717) is 0 Å². The van der Waals surface area contributed by atoms with Crippen molar-refractivity contribution in [2.24, 2.45) is 0 Å². The van der Waals surface area contributed by atoms with Gasteiger partial charge < -0.3 is 19.1 Å². The molecule has 0 unspecified atom stereocenters. The number of methoxy groups -OCH3 is 1. The Morgan fingerprint density at radius 3 is 2.16 bits per heavy atom. The first-order valence-electron chi connectivity index (χ1n) is 10.8. The Balaban J connectivity index is 1.57. The average molecular weight is 427 g/mol. The maximum atomic E-state index is 5.43. The van der Waals surface area contributed by atoms with Crippen LogP contribution in [0.25, 0.3) is 5.69 Å². The van der Waals surface area contributed by atoms with Gasteiger partial charge in [-0.2, -0.15) is 0 Å². The van der Waals surface area contributed by atoms with Gasteiger partial charge in [-0.1, -0.05) is 36.4 Å². The minimum absolute atomic E-state index is 0.799. The second-order valence-corrected chi connectivity index (χ2v) is 8.25. The molecule has 0 radical (unpaired) electrons. The van der Waals surface area contributed by atoms with Crippen LogP contribution in [-0.2, 0) is 19.6 Å². The number of benzene rings is 3. The third-order valence-corrected chi connectivity index (χ3v) is 5.42. The quantitative estimate of drug-likeness (QED) is 0.371. The number of nitrogens with zero attached hydrogens (tertiary/aromatic N) is 4. The summed E-state index contributed by atoms with van der Waals surface area (Å²) in [6, 6.07) is 25.8. The number of hydrogen-bond donors (Lipinski definition) is 0. The lowest BCUT2D eigenvalue weighted by molar-refractivity contribution is 0.402. The van der Waals surface area contributed by atoms with Gasteiger partial charge in [-0.05, 0) is 67.2 Å². The van der Waals surface area contributed by atoms with Crippen molar-refractivity contribution in [2.75, 3.05) is 26.1 Å². The number of hydrogen-bond acceptors (Lipinski definition) is 4. The molecular weight excluding hydrogens is 396 g/mol. The van der Waals surface area contributed by atoms with Gasteiger partial charge in [0, 0.05) is 43.4 Å². The fourth-order valence-electron chi connectivity index (χ4n) is 3.81. The first-order valence-corrected chi connectivity index (χ1v) is 10.8. The third kappa shape index (κ3) is 5.56. The minimum atomic E-state index is 0.799. The van der Waals surface area contributed by atoms with E-state index in [1.807, 2.05) is 29.2 Å². The Morgan fingerprint density at radius 1 is 0.812 bits per heavy atom. The van der Waals surface area contributed by atoms with Gasteiger partial charge in [0.25, 0.3) is 0 Å². The second kappa shape index (κ2) is 10.2. The summed E-state index contributed by atoms with van der Waals surface area (Å²) in [5.74, 6) is 0.883. The summed E-state index contributed by atoms with van der Waals surface area (Å²) in [6.07, 6.45) is 5.57. The summed E-state index contributed by atoms with van der Waals surface area (Å²) in [5.41, 5.74) is 6.10. The van der Waals surface area contributed by atoms with Gasteiger partial charge in [0.1, 0.15) is 5.75 Å². The summed E-state index contributed by atoms with van der Waals surface area (Å²) in [4.78, 5) is 8.72. The normalized spacial score (nSPS) is 11.0. The number of imidazole rings is 1. The molecule has 1 heterocycles. The summed E-state index contributed by atoms with van der Waals surface area (Å²) < 4.78 is 7.45. The van der Waals surface area contributed by atoms with E-state index in [1.165, 1.54) is 22.4 Å². The number of rotatable bonds is 9. The molecule has 4 aromatic rings. The number of anilines is 1. The number of aromatic nitrogens is 2. The van der Waals surface area contributed by atoms with E-state index in [4.69, 9.17) is 4.74 Å².